The zero-order chi connectivity index (χ0) is 37.4. The van der Waals surface area contributed by atoms with Crippen molar-refractivity contribution in [1.29, 1.82) is 0 Å². The smallest absolute Gasteiger partial charge is 0.250 e. The molecule has 5 N–H and O–H groups in total. The van der Waals surface area contributed by atoms with Crippen LogP contribution >= 0.6 is 31.9 Å². The van der Waals surface area contributed by atoms with Gasteiger partial charge >= 0.3 is 0 Å². The first-order valence-corrected chi connectivity index (χ1v) is 19.5. The van der Waals surface area contributed by atoms with E-state index >= 15 is 0 Å². The molecule has 0 fully saturated rings. The van der Waals surface area contributed by atoms with Crippen molar-refractivity contribution in [1.82, 2.24) is 25.6 Å². The van der Waals surface area contributed by atoms with Crippen LogP contribution in [-0.2, 0) is 21.4 Å². The average Bonchev–Trinajstić information content (AvgIpc) is 3.95. The number of ether oxygens (including phenoxy) is 1. The number of rotatable bonds is 4. The molecule has 4 aliphatic heterocycles. The minimum absolute atomic E-state index is 0.152. The molecule has 274 valence electrons. The Morgan fingerprint density at radius 1 is 1.00 bits per heavy atom. The monoisotopic (exact) mass is 852 g/mol. The van der Waals surface area contributed by atoms with Crippen molar-refractivity contribution in [2.45, 2.75) is 63.9 Å². The molecule has 4 aliphatic rings. The number of halogens is 2. The lowest BCUT2D eigenvalue weighted by Crippen LogP contribution is -2.52. The first-order valence-electron chi connectivity index (χ1n) is 17.9. The number of anilines is 1. The highest BCUT2D eigenvalue weighted by atomic mass is 79.9. The summed E-state index contributed by atoms with van der Waals surface area (Å²) in [4.78, 5) is 40.9. The third kappa shape index (κ3) is 4.62. The Morgan fingerprint density at radius 3 is 2.63 bits per heavy atom. The number of nitrogens with one attached hydrogen (secondary N) is 4. The molecule has 1 spiro atoms. The van der Waals surface area contributed by atoms with Gasteiger partial charge in [0.2, 0.25) is 17.7 Å². The molecule has 10 rings (SSSR count). The number of oxazole rings is 2. The van der Waals surface area contributed by atoms with Gasteiger partial charge in [0.1, 0.15) is 29.4 Å². The van der Waals surface area contributed by atoms with Crippen molar-refractivity contribution in [2.75, 3.05) is 5.32 Å². The minimum atomic E-state index is -1.29. The predicted molar refractivity (Wildman–Crippen MR) is 207 cm³/mol. The van der Waals surface area contributed by atoms with Crippen LogP contribution in [0.2, 0.25) is 0 Å². The summed E-state index contributed by atoms with van der Waals surface area (Å²) < 4.78 is 21.9. The molecule has 3 aromatic heterocycles. The third-order valence-electron chi connectivity index (χ3n) is 11.1. The van der Waals surface area contributed by atoms with Gasteiger partial charge in [0.05, 0.1) is 0 Å². The molecule has 3 aromatic carbocycles. The minimum Gasteiger partial charge on any atom is -0.469 e. The molecular formula is C40H34Br2N6O6. The fraction of sp³-hybridized carbons (Fsp3) is 0.300. The van der Waals surface area contributed by atoms with Crippen LogP contribution in [0.4, 0.5) is 5.69 Å². The molecule has 3 unspecified atom stereocenters. The van der Waals surface area contributed by atoms with E-state index in [0.29, 0.717) is 27.6 Å². The van der Waals surface area contributed by atoms with Crippen molar-refractivity contribution >= 4 is 60.3 Å². The van der Waals surface area contributed by atoms with Gasteiger partial charge in [-0.3, -0.25) is 9.59 Å². The third-order valence-corrected chi connectivity index (χ3v) is 12.1. The molecule has 7 heterocycles. The summed E-state index contributed by atoms with van der Waals surface area (Å²) in [6.07, 6.45) is 0.102. The summed E-state index contributed by atoms with van der Waals surface area (Å²) >= 11 is 7.58. The standard InChI is InChI=1S/C40H34Br2N6O6/c1-15(2)28-37-46-30-33(54-37)40-22-10-17(11-25(35(50)45-28)44-36(51)31(49)16(3)4)8-9-26(22)52-39(40)47-29-20(12-18(41)13-23(29)40)19-6-5-7-24-27(19)21(14-43-24)32-34(42)48-38(30)53-32/h5-10,12-16,25,28,31,39,43,47,49H,11H2,1-4H3,(H,44,51)(H,45,50)/t25?,28-,31-,39?,40?/m0/s1. The SMILES string of the molecule is CC(C)[C@H](O)C(=O)NC1Cc2ccc3c(c2)C24c5cc(Br)cc(c5NC2O3)-c2cccc3[nH]cc(c23)-c2oc(nc2Br)-c2nc(oc24)[C@H](C(C)C)NC1=O. The lowest BCUT2D eigenvalue weighted by atomic mass is 9.72. The quantitative estimate of drug-likeness (QED) is 0.122. The van der Waals surface area contributed by atoms with Gasteiger partial charge < -0.3 is 39.6 Å². The Balaban J connectivity index is 1.30. The van der Waals surface area contributed by atoms with E-state index in [1.54, 1.807) is 13.8 Å². The van der Waals surface area contributed by atoms with Gasteiger partial charge in [0.25, 0.3) is 5.89 Å². The van der Waals surface area contributed by atoms with Gasteiger partial charge in [-0.1, -0.05) is 67.9 Å². The van der Waals surface area contributed by atoms with Crippen LogP contribution in [0.5, 0.6) is 5.75 Å². The van der Waals surface area contributed by atoms with E-state index in [1.165, 1.54) is 0 Å². The molecule has 0 radical (unpaired) electrons. The summed E-state index contributed by atoms with van der Waals surface area (Å²) in [7, 11) is 0. The topological polar surface area (TPSA) is 168 Å². The second-order valence-corrected chi connectivity index (χ2v) is 16.8. The predicted octanol–water partition coefficient (Wildman–Crippen LogP) is 7.33. The van der Waals surface area contributed by atoms with E-state index in [1.807, 2.05) is 50.4 Å². The second kappa shape index (κ2) is 11.8. The zero-order valence-electron chi connectivity index (χ0n) is 29.5. The number of benzene rings is 3. The van der Waals surface area contributed by atoms with E-state index in [0.717, 1.165) is 54.4 Å². The van der Waals surface area contributed by atoms with Gasteiger partial charge in [-0.25, -0.2) is 9.97 Å². The largest absolute Gasteiger partial charge is 0.469 e. The normalized spacial score (nSPS) is 22.2. The summed E-state index contributed by atoms with van der Waals surface area (Å²) in [6, 6.07) is 14.4. The number of amides is 2. The zero-order valence-corrected chi connectivity index (χ0v) is 32.7. The van der Waals surface area contributed by atoms with Gasteiger partial charge in [-0.15, -0.1) is 0 Å². The number of H-pyrrole nitrogens is 1. The Labute approximate surface area is 325 Å². The highest BCUT2D eigenvalue weighted by Crippen LogP contribution is 2.62. The molecule has 0 saturated heterocycles. The first-order chi connectivity index (χ1) is 25.9. The first kappa shape index (κ1) is 33.6. The van der Waals surface area contributed by atoms with Crippen LogP contribution in [0.1, 0.15) is 62.1 Å². The van der Waals surface area contributed by atoms with E-state index in [4.69, 9.17) is 23.5 Å². The van der Waals surface area contributed by atoms with Crippen molar-refractivity contribution in [3.63, 3.8) is 0 Å². The fourth-order valence-corrected chi connectivity index (χ4v) is 9.40. The van der Waals surface area contributed by atoms with E-state index in [2.05, 4.69) is 71.0 Å². The Hall–Kier alpha value is -4.92. The molecule has 2 amide bonds. The van der Waals surface area contributed by atoms with Crippen LogP contribution in [0.25, 0.3) is 44.9 Å². The lowest BCUT2D eigenvalue weighted by molar-refractivity contribution is -0.135. The van der Waals surface area contributed by atoms with Crippen LogP contribution in [0.15, 0.2) is 72.6 Å². The molecule has 6 aromatic rings. The van der Waals surface area contributed by atoms with Crippen molar-refractivity contribution in [3.05, 3.63) is 92.1 Å². The Morgan fingerprint density at radius 2 is 1.83 bits per heavy atom. The maximum atomic E-state index is 14.2. The Kier molecular flexibility index (Phi) is 7.34. The number of fused-ring (bicyclic) bond motifs is 7. The number of carbonyl (C=O) groups excluding carboxylic acids is 2. The molecule has 54 heavy (non-hydrogen) atoms. The van der Waals surface area contributed by atoms with Crippen molar-refractivity contribution in [3.8, 4) is 39.8 Å². The van der Waals surface area contributed by atoms with Crippen LogP contribution in [0.3, 0.4) is 0 Å². The number of nitrogens with zero attached hydrogens (tertiary/aromatic N) is 2. The van der Waals surface area contributed by atoms with Crippen LogP contribution in [0, 0.1) is 11.8 Å². The number of aliphatic hydroxyl groups is 1. The molecule has 0 saturated carbocycles. The number of aliphatic hydroxyl groups excluding tert-OH is 1. The lowest BCUT2D eigenvalue weighted by Gasteiger charge is -2.29. The van der Waals surface area contributed by atoms with Crippen molar-refractivity contribution < 1.29 is 28.3 Å². The molecule has 14 heteroatoms. The molecule has 12 nitrogen and oxygen atoms in total. The number of aromatic amines is 1. The maximum Gasteiger partial charge on any atom is 0.250 e. The average molecular weight is 855 g/mol. The number of aromatic nitrogens is 3. The maximum absolute atomic E-state index is 14.2. The highest BCUT2D eigenvalue weighted by Gasteiger charge is 2.62. The summed E-state index contributed by atoms with van der Waals surface area (Å²) in [5.74, 6) is 0.475. The summed E-state index contributed by atoms with van der Waals surface area (Å²) in [6.45, 7) is 7.42. The van der Waals surface area contributed by atoms with Gasteiger partial charge in [-0.2, -0.15) is 0 Å². The number of hydrogen-bond donors (Lipinski definition) is 5. The summed E-state index contributed by atoms with van der Waals surface area (Å²) in [5, 5.41) is 21.3. The number of hydrogen-bond acceptors (Lipinski definition) is 9. The van der Waals surface area contributed by atoms with Crippen LogP contribution < -0.4 is 20.7 Å². The summed E-state index contributed by atoms with van der Waals surface area (Å²) in [5.41, 5.74) is 6.24. The van der Waals surface area contributed by atoms with Gasteiger partial charge in [0.15, 0.2) is 28.0 Å². The Bertz CT molecular complexity index is 2590. The number of carbonyl (C=O) groups is 2. The second-order valence-electron chi connectivity index (χ2n) is 15.1. The van der Waals surface area contributed by atoms with Crippen molar-refractivity contribution in [2.24, 2.45) is 11.8 Å². The molecule has 5 atom stereocenters. The van der Waals surface area contributed by atoms with Crippen LogP contribution in [-0.4, -0.2) is 50.2 Å². The van der Waals surface area contributed by atoms with E-state index < -0.39 is 41.6 Å². The molecule has 10 bridgehead atoms. The van der Waals surface area contributed by atoms with Gasteiger partial charge in [0, 0.05) is 55.9 Å². The van der Waals surface area contributed by atoms with E-state index in [-0.39, 0.29) is 30.0 Å². The fourth-order valence-electron chi connectivity index (χ4n) is 8.49. The molecular weight excluding hydrogens is 820 g/mol. The van der Waals surface area contributed by atoms with E-state index in [9.17, 15) is 14.7 Å². The van der Waals surface area contributed by atoms with Gasteiger partial charge in [-0.05, 0) is 63.2 Å². The molecule has 0 aliphatic carbocycles. The highest BCUT2D eigenvalue weighted by molar-refractivity contribution is 9.10.